The van der Waals surface area contributed by atoms with Gasteiger partial charge in [0.2, 0.25) is 0 Å². The number of hydrogen-bond donors (Lipinski definition) is 1. The van der Waals surface area contributed by atoms with Crippen LogP contribution < -0.4 is 5.32 Å². The fraction of sp³-hybridized carbons (Fsp3) is 0.294. The SMILES string of the molecule is CCCNCc1cn(Cc2ccncc2)c2ncccc12. The molecule has 4 nitrogen and oxygen atoms in total. The van der Waals surface area contributed by atoms with E-state index in [9.17, 15) is 0 Å². The summed E-state index contributed by atoms with van der Waals surface area (Å²) in [6, 6.07) is 8.24. The second-order valence-electron chi connectivity index (χ2n) is 5.19. The predicted octanol–water partition coefficient (Wildman–Crippen LogP) is 2.98. The van der Waals surface area contributed by atoms with Crippen molar-refractivity contribution >= 4 is 11.0 Å². The van der Waals surface area contributed by atoms with E-state index in [1.165, 1.54) is 16.5 Å². The zero-order valence-electron chi connectivity index (χ0n) is 12.3. The van der Waals surface area contributed by atoms with Crippen molar-refractivity contribution in [3.63, 3.8) is 0 Å². The number of nitrogens with zero attached hydrogens (tertiary/aromatic N) is 3. The minimum Gasteiger partial charge on any atom is -0.328 e. The highest BCUT2D eigenvalue weighted by Crippen LogP contribution is 2.20. The third-order valence-electron chi connectivity index (χ3n) is 3.56. The van der Waals surface area contributed by atoms with E-state index in [0.29, 0.717) is 0 Å². The van der Waals surface area contributed by atoms with Gasteiger partial charge in [-0.15, -0.1) is 0 Å². The molecule has 0 aromatic carbocycles. The molecule has 0 amide bonds. The maximum absolute atomic E-state index is 4.55. The molecular weight excluding hydrogens is 260 g/mol. The number of pyridine rings is 2. The molecule has 3 rings (SSSR count). The summed E-state index contributed by atoms with van der Waals surface area (Å²) in [6.07, 6.45) is 8.87. The Labute approximate surface area is 124 Å². The molecule has 0 atom stereocenters. The summed E-state index contributed by atoms with van der Waals surface area (Å²) in [5, 5.41) is 4.70. The van der Waals surface area contributed by atoms with Gasteiger partial charge in [-0.05, 0) is 48.4 Å². The first-order valence-corrected chi connectivity index (χ1v) is 7.41. The Bertz CT molecular complexity index is 703. The lowest BCUT2D eigenvalue weighted by molar-refractivity contribution is 0.675. The minimum absolute atomic E-state index is 0.823. The number of hydrogen-bond acceptors (Lipinski definition) is 3. The Kier molecular flexibility index (Phi) is 4.26. The third kappa shape index (κ3) is 3.11. The average Bonchev–Trinajstić information content (AvgIpc) is 2.87. The topological polar surface area (TPSA) is 42.7 Å². The first-order valence-electron chi connectivity index (χ1n) is 7.41. The van der Waals surface area contributed by atoms with Crippen LogP contribution in [0, 0.1) is 0 Å². The minimum atomic E-state index is 0.823. The summed E-state index contributed by atoms with van der Waals surface area (Å²) in [7, 11) is 0. The summed E-state index contributed by atoms with van der Waals surface area (Å²) in [5.74, 6) is 0. The van der Waals surface area contributed by atoms with E-state index < -0.39 is 0 Å². The quantitative estimate of drug-likeness (QED) is 0.706. The molecule has 1 N–H and O–H groups in total. The van der Waals surface area contributed by atoms with E-state index in [2.05, 4.69) is 39.0 Å². The Morgan fingerprint density at radius 2 is 2.00 bits per heavy atom. The first kappa shape index (κ1) is 13.8. The maximum atomic E-state index is 4.55. The van der Waals surface area contributed by atoms with Gasteiger partial charge in [0.15, 0.2) is 0 Å². The smallest absolute Gasteiger partial charge is 0.140 e. The Balaban J connectivity index is 1.91. The van der Waals surface area contributed by atoms with Crippen LogP contribution in [0.25, 0.3) is 11.0 Å². The van der Waals surface area contributed by atoms with Gasteiger partial charge in [0.25, 0.3) is 0 Å². The van der Waals surface area contributed by atoms with Crippen LogP contribution >= 0.6 is 0 Å². The van der Waals surface area contributed by atoms with Gasteiger partial charge in [-0.25, -0.2) is 4.98 Å². The van der Waals surface area contributed by atoms with Crippen molar-refractivity contribution in [2.24, 2.45) is 0 Å². The summed E-state index contributed by atoms with van der Waals surface area (Å²) >= 11 is 0. The van der Waals surface area contributed by atoms with Crippen LogP contribution in [0.3, 0.4) is 0 Å². The van der Waals surface area contributed by atoms with Crippen molar-refractivity contribution in [3.05, 3.63) is 60.2 Å². The van der Waals surface area contributed by atoms with Gasteiger partial charge >= 0.3 is 0 Å². The van der Waals surface area contributed by atoms with Crippen molar-refractivity contribution in [1.29, 1.82) is 0 Å². The highest BCUT2D eigenvalue weighted by molar-refractivity contribution is 5.80. The molecule has 3 aromatic heterocycles. The molecule has 0 saturated carbocycles. The monoisotopic (exact) mass is 280 g/mol. The number of nitrogens with one attached hydrogen (secondary N) is 1. The Morgan fingerprint density at radius 3 is 2.81 bits per heavy atom. The lowest BCUT2D eigenvalue weighted by Crippen LogP contribution is -2.13. The van der Waals surface area contributed by atoms with Crippen LogP contribution in [-0.4, -0.2) is 21.1 Å². The molecule has 0 aliphatic rings. The van der Waals surface area contributed by atoms with Crippen LogP contribution in [0.1, 0.15) is 24.5 Å². The van der Waals surface area contributed by atoms with E-state index in [-0.39, 0.29) is 0 Å². The molecule has 3 aromatic rings. The molecule has 0 spiro atoms. The highest BCUT2D eigenvalue weighted by Gasteiger charge is 2.09. The third-order valence-corrected chi connectivity index (χ3v) is 3.56. The van der Waals surface area contributed by atoms with Crippen LogP contribution in [0.2, 0.25) is 0 Å². The normalized spacial score (nSPS) is 11.1. The van der Waals surface area contributed by atoms with Gasteiger partial charge in [0.1, 0.15) is 5.65 Å². The molecule has 0 radical (unpaired) electrons. The van der Waals surface area contributed by atoms with E-state index in [0.717, 1.165) is 31.7 Å². The molecule has 0 aliphatic carbocycles. The molecule has 0 fully saturated rings. The Morgan fingerprint density at radius 1 is 1.14 bits per heavy atom. The van der Waals surface area contributed by atoms with Crippen molar-refractivity contribution in [2.45, 2.75) is 26.4 Å². The van der Waals surface area contributed by atoms with Crippen LogP contribution in [-0.2, 0) is 13.1 Å². The van der Waals surface area contributed by atoms with Crippen molar-refractivity contribution in [1.82, 2.24) is 19.9 Å². The molecule has 0 unspecified atom stereocenters. The maximum Gasteiger partial charge on any atom is 0.140 e. The van der Waals surface area contributed by atoms with Gasteiger partial charge in [0.05, 0.1) is 0 Å². The van der Waals surface area contributed by atoms with Gasteiger partial charge in [-0.2, -0.15) is 0 Å². The molecule has 21 heavy (non-hydrogen) atoms. The van der Waals surface area contributed by atoms with Gasteiger partial charge < -0.3 is 9.88 Å². The molecule has 3 heterocycles. The van der Waals surface area contributed by atoms with Crippen molar-refractivity contribution in [2.75, 3.05) is 6.54 Å². The summed E-state index contributed by atoms with van der Waals surface area (Å²) in [5.41, 5.74) is 3.59. The van der Waals surface area contributed by atoms with E-state index >= 15 is 0 Å². The summed E-state index contributed by atoms with van der Waals surface area (Å²) in [4.78, 5) is 8.62. The summed E-state index contributed by atoms with van der Waals surface area (Å²) < 4.78 is 2.22. The molecule has 0 saturated heterocycles. The van der Waals surface area contributed by atoms with Crippen molar-refractivity contribution < 1.29 is 0 Å². The fourth-order valence-corrected chi connectivity index (χ4v) is 2.54. The molecule has 0 bridgehead atoms. The molecular formula is C17H20N4. The zero-order chi connectivity index (χ0) is 14.5. The molecule has 4 heteroatoms. The van der Waals surface area contributed by atoms with E-state index in [4.69, 9.17) is 0 Å². The highest BCUT2D eigenvalue weighted by atomic mass is 15.0. The van der Waals surface area contributed by atoms with Crippen LogP contribution in [0.5, 0.6) is 0 Å². The second kappa shape index (κ2) is 6.50. The van der Waals surface area contributed by atoms with E-state index in [1.807, 2.05) is 36.8 Å². The lowest BCUT2D eigenvalue weighted by atomic mass is 10.2. The average molecular weight is 280 g/mol. The zero-order valence-corrected chi connectivity index (χ0v) is 12.3. The van der Waals surface area contributed by atoms with E-state index in [1.54, 1.807) is 0 Å². The summed E-state index contributed by atoms with van der Waals surface area (Å²) in [6.45, 7) is 4.93. The lowest BCUT2D eigenvalue weighted by Gasteiger charge is -2.04. The number of aromatic nitrogens is 3. The van der Waals surface area contributed by atoms with Crippen molar-refractivity contribution in [3.8, 4) is 0 Å². The van der Waals surface area contributed by atoms with Gasteiger partial charge in [0, 0.05) is 43.3 Å². The number of fused-ring (bicyclic) bond motifs is 1. The van der Waals surface area contributed by atoms with Crippen LogP contribution in [0.4, 0.5) is 0 Å². The molecule has 108 valence electrons. The largest absolute Gasteiger partial charge is 0.328 e. The first-order chi connectivity index (χ1) is 10.4. The number of rotatable bonds is 6. The van der Waals surface area contributed by atoms with Gasteiger partial charge in [-0.1, -0.05) is 6.92 Å². The second-order valence-corrected chi connectivity index (χ2v) is 5.19. The molecule has 0 aliphatic heterocycles. The van der Waals surface area contributed by atoms with Crippen LogP contribution in [0.15, 0.2) is 49.1 Å². The fourth-order valence-electron chi connectivity index (χ4n) is 2.54. The standard InChI is InChI=1S/C17H20N4/c1-2-7-19-11-15-13-21(12-14-5-9-18-10-6-14)17-16(15)4-3-8-20-17/h3-6,8-10,13,19H,2,7,11-12H2,1H3. The van der Waals surface area contributed by atoms with Gasteiger partial charge in [-0.3, -0.25) is 4.98 Å². The predicted molar refractivity (Wildman–Crippen MR) is 85.1 cm³/mol. The Hall–Kier alpha value is -2.20.